The summed E-state index contributed by atoms with van der Waals surface area (Å²) in [6, 6.07) is 9.38. The molecule has 0 saturated carbocycles. The number of aromatic hydroxyl groups is 2. The largest absolute Gasteiger partial charge is 0.511 e. The van der Waals surface area contributed by atoms with E-state index < -0.39 is 74.7 Å². The van der Waals surface area contributed by atoms with Gasteiger partial charge >= 0.3 is 0 Å². The molecule has 0 aromatic heterocycles. The van der Waals surface area contributed by atoms with Crippen LogP contribution in [0.3, 0.4) is 0 Å². The smallest absolute Gasteiger partial charge is 0.238 e. The van der Waals surface area contributed by atoms with Crippen LogP contribution in [0.15, 0.2) is 41.7 Å². The normalized spacial score (nSPS) is 25.7. The highest BCUT2D eigenvalue weighted by atomic mass is 16.7. The lowest BCUT2D eigenvalue weighted by Crippen LogP contribution is -2.50. The maximum Gasteiger partial charge on any atom is 0.238 e. The number of rotatable bonds is 6. The van der Waals surface area contributed by atoms with Crippen molar-refractivity contribution >= 4 is 17.3 Å². The van der Waals surface area contributed by atoms with Crippen LogP contribution in [-0.4, -0.2) is 38.3 Å². The van der Waals surface area contributed by atoms with E-state index in [0.717, 1.165) is 5.56 Å². The fraction of sp³-hybridized carbons (Fsp3) is 0.528. The summed E-state index contributed by atoms with van der Waals surface area (Å²) in [7, 11) is 0. The number of ether oxygens (including phenoxy) is 2. The van der Waals surface area contributed by atoms with Crippen LogP contribution in [0.1, 0.15) is 115 Å². The number of phenols is 2. The minimum absolute atomic E-state index is 0.0443. The Bertz CT molecular complexity index is 1610. The summed E-state index contributed by atoms with van der Waals surface area (Å²) in [5.74, 6) is -6.38. The van der Waals surface area contributed by atoms with E-state index in [9.17, 15) is 29.7 Å². The molecule has 2 aromatic rings. The molecule has 2 bridgehead atoms. The molecule has 3 aliphatic rings. The fourth-order valence-corrected chi connectivity index (χ4v) is 7.51. The average Bonchev–Trinajstić information content (AvgIpc) is 3.16. The third-order valence-corrected chi connectivity index (χ3v) is 9.90. The summed E-state index contributed by atoms with van der Waals surface area (Å²) in [5.41, 5.74) is -2.86. The Hall–Kier alpha value is -3.65. The number of ketones is 3. The van der Waals surface area contributed by atoms with Gasteiger partial charge in [0, 0.05) is 46.4 Å². The number of carbonyl (C=O) groups excluding carboxylic acids is 3. The molecule has 2 heterocycles. The number of aliphatic hydroxyl groups is 1. The number of Topliss-reactive ketones (excluding diaryl/α,β-unsaturated/α-hetero) is 3. The van der Waals surface area contributed by atoms with Gasteiger partial charge in [-0.05, 0) is 47.5 Å². The van der Waals surface area contributed by atoms with E-state index in [4.69, 9.17) is 9.47 Å². The van der Waals surface area contributed by atoms with Gasteiger partial charge in [-0.3, -0.25) is 14.4 Å². The molecule has 236 valence electrons. The van der Waals surface area contributed by atoms with E-state index in [1.807, 2.05) is 44.2 Å². The second-order valence-corrected chi connectivity index (χ2v) is 14.8. The molecule has 44 heavy (non-hydrogen) atoms. The van der Waals surface area contributed by atoms with Crippen molar-refractivity contribution in [1.29, 1.82) is 0 Å². The van der Waals surface area contributed by atoms with Crippen LogP contribution in [-0.2, 0) is 20.1 Å². The number of carbonyl (C=O) groups is 3. The first-order valence-electron chi connectivity index (χ1n) is 15.4. The molecular formula is C36H44O8. The molecule has 2 aromatic carbocycles. The molecule has 0 amide bonds. The monoisotopic (exact) mass is 604 g/mol. The lowest BCUT2D eigenvalue weighted by atomic mass is 9.59. The quantitative estimate of drug-likeness (QED) is 0.233. The summed E-state index contributed by atoms with van der Waals surface area (Å²) in [5, 5.41) is 35.8. The lowest BCUT2D eigenvalue weighted by molar-refractivity contribution is -0.202. The highest BCUT2D eigenvalue weighted by molar-refractivity contribution is 6.19. The Morgan fingerprint density at radius 2 is 1.48 bits per heavy atom. The maximum atomic E-state index is 14.0. The zero-order valence-electron chi connectivity index (χ0n) is 27.3. The maximum absolute atomic E-state index is 14.0. The van der Waals surface area contributed by atoms with Crippen molar-refractivity contribution in [3.8, 4) is 17.2 Å². The first kappa shape index (κ1) is 31.8. The molecule has 1 aliphatic carbocycles. The summed E-state index contributed by atoms with van der Waals surface area (Å²) in [4.78, 5) is 41.3. The van der Waals surface area contributed by atoms with Gasteiger partial charge < -0.3 is 24.8 Å². The molecule has 0 unspecified atom stereocenters. The third kappa shape index (κ3) is 4.24. The van der Waals surface area contributed by atoms with Crippen molar-refractivity contribution in [3.05, 3.63) is 63.9 Å². The van der Waals surface area contributed by atoms with Crippen LogP contribution in [0.2, 0.25) is 0 Å². The minimum Gasteiger partial charge on any atom is -0.511 e. The van der Waals surface area contributed by atoms with Gasteiger partial charge in [0.25, 0.3) is 0 Å². The number of hydrogen-bond acceptors (Lipinski definition) is 8. The molecule has 0 radical (unpaired) electrons. The van der Waals surface area contributed by atoms with Crippen LogP contribution in [0.4, 0.5) is 0 Å². The van der Waals surface area contributed by atoms with E-state index in [2.05, 4.69) is 0 Å². The molecular weight excluding hydrogens is 560 g/mol. The van der Waals surface area contributed by atoms with Gasteiger partial charge in [0.05, 0.1) is 16.4 Å². The van der Waals surface area contributed by atoms with E-state index in [-0.39, 0.29) is 28.2 Å². The van der Waals surface area contributed by atoms with Crippen molar-refractivity contribution in [2.75, 3.05) is 0 Å². The van der Waals surface area contributed by atoms with Gasteiger partial charge in [0.1, 0.15) is 28.6 Å². The second-order valence-electron chi connectivity index (χ2n) is 14.8. The molecule has 1 saturated heterocycles. The molecule has 2 aliphatic heterocycles. The highest BCUT2D eigenvalue weighted by Gasteiger charge is 2.61. The zero-order chi connectivity index (χ0) is 32.9. The van der Waals surface area contributed by atoms with Gasteiger partial charge in [-0.15, -0.1) is 0 Å². The van der Waals surface area contributed by atoms with Crippen LogP contribution in [0.5, 0.6) is 17.2 Å². The van der Waals surface area contributed by atoms with E-state index in [1.54, 1.807) is 41.5 Å². The summed E-state index contributed by atoms with van der Waals surface area (Å²) in [6.45, 7) is 17.0. The van der Waals surface area contributed by atoms with Gasteiger partial charge in [-0.2, -0.15) is 0 Å². The molecule has 8 nitrogen and oxygen atoms in total. The fourth-order valence-electron chi connectivity index (χ4n) is 7.51. The number of hydrogen-bond donors (Lipinski definition) is 3. The number of aliphatic hydroxyl groups excluding tert-OH is 1. The Morgan fingerprint density at radius 1 is 0.886 bits per heavy atom. The summed E-state index contributed by atoms with van der Waals surface area (Å²) >= 11 is 0. The highest BCUT2D eigenvalue weighted by Crippen LogP contribution is 2.65. The van der Waals surface area contributed by atoms with Crippen molar-refractivity contribution in [1.82, 2.24) is 0 Å². The molecule has 0 spiro atoms. The van der Waals surface area contributed by atoms with E-state index in [1.165, 1.54) is 13.8 Å². The lowest BCUT2D eigenvalue weighted by Gasteiger charge is -2.42. The van der Waals surface area contributed by atoms with Crippen LogP contribution in [0, 0.1) is 22.7 Å². The van der Waals surface area contributed by atoms with Crippen molar-refractivity contribution in [2.24, 2.45) is 22.7 Å². The van der Waals surface area contributed by atoms with E-state index in [0.29, 0.717) is 12.0 Å². The molecule has 3 N–H and O–H groups in total. The standard InChI is InChI=1S/C36H44O8/c1-17(2)21(24-30(40)33(5,6)32(42)34(7,8)31(24)41)23-27(38)22-20-16-36(44-35(20,9)10,19-14-12-11-13-15-19)43-29(22)25(28(23)39)26(37)18(3)4/h11-15,17-18,20-21,38-40H,16H2,1-10H3/t20-,21-,36-/m0/s1. The van der Waals surface area contributed by atoms with Gasteiger partial charge in [0.15, 0.2) is 17.3 Å². The topological polar surface area (TPSA) is 130 Å². The Morgan fingerprint density at radius 3 is 2.02 bits per heavy atom. The van der Waals surface area contributed by atoms with Gasteiger partial charge in [-0.1, -0.05) is 58.0 Å². The van der Waals surface area contributed by atoms with Gasteiger partial charge in [-0.25, -0.2) is 0 Å². The predicted molar refractivity (Wildman–Crippen MR) is 165 cm³/mol. The minimum atomic E-state index is -1.46. The Balaban J connectivity index is 1.88. The first-order chi connectivity index (χ1) is 20.2. The van der Waals surface area contributed by atoms with Crippen molar-refractivity contribution in [2.45, 2.75) is 98.9 Å². The van der Waals surface area contributed by atoms with Crippen LogP contribution >= 0.6 is 0 Å². The first-order valence-corrected chi connectivity index (χ1v) is 15.4. The number of allylic oxidation sites excluding steroid dienone is 2. The number of benzene rings is 2. The molecule has 8 heteroatoms. The van der Waals surface area contributed by atoms with Gasteiger partial charge in [0.2, 0.25) is 5.79 Å². The summed E-state index contributed by atoms with van der Waals surface area (Å²) < 4.78 is 13.2. The molecule has 1 fully saturated rings. The number of phenolic OH excluding ortho intramolecular Hbond substituents is 2. The number of fused-ring (bicyclic) bond motifs is 4. The van der Waals surface area contributed by atoms with E-state index >= 15 is 0 Å². The van der Waals surface area contributed by atoms with Crippen molar-refractivity contribution in [3.63, 3.8) is 0 Å². The SMILES string of the molecule is CC(C)C(=O)c1c(O)c([C@@H](C2=C(O)C(C)(C)C(=O)C(C)(C)C2=O)C(C)C)c(O)c2c1O[C@@]1(c3ccccc3)C[C@@H]2C(C)(C)O1. The Labute approximate surface area is 259 Å². The summed E-state index contributed by atoms with van der Waals surface area (Å²) in [6.07, 6.45) is 0.331. The van der Waals surface area contributed by atoms with Crippen LogP contribution in [0.25, 0.3) is 0 Å². The van der Waals surface area contributed by atoms with Crippen molar-refractivity contribution < 1.29 is 39.2 Å². The zero-order valence-corrected chi connectivity index (χ0v) is 27.3. The molecule has 3 atom stereocenters. The predicted octanol–water partition coefficient (Wildman–Crippen LogP) is 7.22. The van der Waals surface area contributed by atoms with Crippen LogP contribution < -0.4 is 4.74 Å². The Kier molecular flexibility index (Phi) is 7.17. The average molecular weight is 605 g/mol. The second kappa shape index (κ2) is 9.93. The molecule has 5 rings (SSSR count). The third-order valence-electron chi connectivity index (χ3n) is 9.90.